The average molecular weight is 250 g/mol. The number of hydrogen-bond donors (Lipinski definition) is 3. The molecule has 1 aliphatic rings. The van der Waals surface area contributed by atoms with Crippen molar-refractivity contribution in [3.63, 3.8) is 0 Å². The maximum absolute atomic E-state index is 9.83. The highest BCUT2D eigenvalue weighted by molar-refractivity contribution is 4.91. The van der Waals surface area contributed by atoms with E-state index in [2.05, 4.69) is 0 Å². The Bertz CT molecular complexity index is 222. The minimum Gasteiger partial charge on any atom is -0.391 e. The van der Waals surface area contributed by atoms with Gasteiger partial charge in [-0.2, -0.15) is 0 Å². The van der Waals surface area contributed by atoms with Gasteiger partial charge in [0, 0.05) is 7.11 Å². The fourth-order valence-electron chi connectivity index (χ4n) is 1.91. The van der Waals surface area contributed by atoms with E-state index < -0.39 is 36.6 Å². The van der Waals surface area contributed by atoms with E-state index in [1.165, 1.54) is 7.11 Å². The Labute approximate surface area is 101 Å². The Balaban J connectivity index is 2.50. The lowest BCUT2D eigenvalue weighted by Gasteiger charge is -2.40. The van der Waals surface area contributed by atoms with Crippen LogP contribution < -0.4 is 0 Å². The summed E-state index contributed by atoms with van der Waals surface area (Å²) >= 11 is 0. The standard InChI is InChI=1S/C11H22O6/c1-6(12)4-16-5-8-11(15-3)10(14)9(13)7(2)17-8/h6-14H,4-5H2,1-3H3. The van der Waals surface area contributed by atoms with E-state index in [0.717, 1.165) is 0 Å². The molecule has 6 atom stereocenters. The Morgan fingerprint density at radius 2 is 1.94 bits per heavy atom. The van der Waals surface area contributed by atoms with Gasteiger partial charge in [-0.3, -0.25) is 0 Å². The van der Waals surface area contributed by atoms with Crippen LogP contribution in [-0.4, -0.2) is 72.3 Å². The van der Waals surface area contributed by atoms with Gasteiger partial charge >= 0.3 is 0 Å². The van der Waals surface area contributed by atoms with Crippen LogP contribution in [0.5, 0.6) is 0 Å². The molecule has 6 nitrogen and oxygen atoms in total. The summed E-state index contributed by atoms with van der Waals surface area (Å²) in [5.41, 5.74) is 0. The lowest BCUT2D eigenvalue weighted by atomic mass is 9.96. The second-order valence-corrected chi connectivity index (χ2v) is 4.45. The van der Waals surface area contributed by atoms with Gasteiger partial charge in [0.15, 0.2) is 0 Å². The Kier molecular flexibility index (Phi) is 5.78. The molecule has 0 saturated carbocycles. The van der Waals surface area contributed by atoms with E-state index in [1.807, 2.05) is 0 Å². The molecule has 6 heteroatoms. The molecule has 17 heavy (non-hydrogen) atoms. The molecule has 6 unspecified atom stereocenters. The average Bonchev–Trinajstić information content (AvgIpc) is 2.26. The fraction of sp³-hybridized carbons (Fsp3) is 1.00. The van der Waals surface area contributed by atoms with Gasteiger partial charge in [-0.25, -0.2) is 0 Å². The summed E-state index contributed by atoms with van der Waals surface area (Å²) < 4.78 is 15.9. The Morgan fingerprint density at radius 3 is 2.47 bits per heavy atom. The third-order valence-electron chi connectivity index (χ3n) is 2.84. The van der Waals surface area contributed by atoms with Crippen molar-refractivity contribution in [2.24, 2.45) is 0 Å². The molecule has 0 radical (unpaired) electrons. The lowest BCUT2D eigenvalue weighted by Crippen LogP contribution is -2.58. The fourth-order valence-corrected chi connectivity index (χ4v) is 1.91. The largest absolute Gasteiger partial charge is 0.391 e. The molecule has 0 aliphatic carbocycles. The first-order chi connectivity index (χ1) is 7.97. The molecule has 0 aromatic carbocycles. The summed E-state index contributed by atoms with van der Waals surface area (Å²) in [5, 5.41) is 28.5. The smallest absolute Gasteiger partial charge is 0.114 e. The van der Waals surface area contributed by atoms with Gasteiger partial charge in [0.05, 0.1) is 25.4 Å². The van der Waals surface area contributed by atoms with Crippen molar-refractivity contribution in [1.29, 1.82) is 0 Å². The maximum Gasteiger partial charge on any atom is 0.114 e. The van der Waals surface area contributed by atoms with E-state index in [4.69, 9.17) is 19.3 Å². The lowest BCUT2D eigenvalue weighted by molar-refractivity contribution is -0.235. The third-order valence-corrected chi connectivity index (χ3v) is 2.84. The molecule has 102 valence electrons. The quantitative estimate of drug-likeness (QED) is 0.574. The normalized spacial score (nSPS) is 40.2. The van der Waals surface area contributed by atoms with E-state index in [0.29, 0.717) is 0 Å². The first-order valence-corrected chi connectivity index (χ1v) is 5.77. The highest BCUT2D eigenvalue weighted by atomic mass is 16.6. The van der Waals surface area contributed by atoms with Crippen LogP contribution >= 0.6 is 0 Å². The first-order valence-electron chi connectivity index (χ1n) is 5.77. The minimum absolute atomic E-state index is 0.198. The zero-order valence-electron chi connectivity index (χ0n) is 10.4. The van der Waals surface area contributed by atoms with Crippen molar-refractivity contribution in [2.75, 3.05) is 20.3 Å². The van der Waals surface area contributed by atoms with Crippen LogP contribution in [0.15, 0.2) is 0 Å². The molecule has 0 aromatic heterocycles. The van der Waals surface area contributed by atoms with Crippen molar-refractivity contribution in [3.8, 4) is 0 Å². The van der Waals surface area contributed by atoms with Gasteiger partial charge in [0.1, 0.15) is 24.4 Å². The van der Waals surface area contributed by atoms with Crippen LogP contribution in [0.2, 0.25) is 0 Å². The Morgan fingerprint density at radius 1 is 1.29 bits per heavy atom. The second-order valence-electron chi connectivity index (χ2n) is 4.45. The van der Waals surface area contributed by atoms with Crippen LogP contribution in [0.4, 0.5) is 0 Å². The Hall–Kier alpha value is -0.240. The van der Waals surface area contributed by atoms with Crippen LogP contribution in [0.3, 0.4) is 0 Å². The van der Waals surface area contributed by atoms with Crippen molar-refractivity contribution in [3.05, 3.63) is 0 Å². The van der Waals surface area contributed by atoms with Crippen LogP contribution in [-0.2, 0) is 14.2 Å². The van der Waals surface area contributed by atoms with E-state index in [1.54, 1.807) is 13.8 Å². The highest BCUT2D eigenvalue weighted by Crippen LogP contribution is 2.23. The van der Waals surface area contributed by atoms with Crippen LogP contribution in [0.1, 0.15) is 13.8 Å². The SMILES string of the molecule is COC1C(COCC(C)O)OC(C)C(O)C1O. The molecule has 1 rings (SSSR count). The summed E-state index contributed by atoms with van der Waals surface area (Å²) in [7, 11) is 1.45. The number of rotatable bonds is 5. The van der Waals surface area contributed by atoms with Gasteiger partial charge < -0.3 is 29.5 Å². The van der Waals surface area contributed by atoms with Crippen molar-refractivity contribution >= 4 is 0 Å². The molecule has 3 N–H and O–H groups in total. The van der Waals surface area contributed by atoms with Gasteiger partial charge in [-0.1, -0.05) is 0 Å². The van der Waals surface area contributed by atoms with Crippen molar-refractivity contribution in [2.45, 2.75) is 50.5 Å². The van der Waals surface area contributed by atoms with Crippen molar-refractivity contribution in [1.82, 2.24) is 0 Å². The molecule has 0 amide bonds. The van der Waals surface area contributed by atoms with E-state index >= 15 is 0 Å². The zero-order valence-corrected chi connectivity index (χ0v) is 10.4. The molecule has 1 aliphatic heterocycles. The third kappa shape index (κ3) is 3.87. The van der Waals surface area contributed by atoms with Gasteiger partial charge in [0.2, 0.25) is 0 Å². The van der Waals surface area contributed by atoms with Crippen molar-refractivity contribution < 1.29 is 29.5 Å². The molecular weight excluding hydrogens is 228 g/mol. The predicted molar refractivity (Wildman–Crippen MR) is 59.6 cm³/mol. The second kappa shape index (κ2) is 6.63. The monoisotopic (exact) mass is 250 g/mol. The molecule has 0 spiro atoms. The van der Waals surface area contributed by atoms with Crippen LogP contribution in [0, 0.1) is 0 Å². The van der Waals surface area contributed by atoms with Gasteiger partial charge in [-0.15, -0.1) is 0 Å². The predicted octanol–water partition coefficient (Wildman–Crippen LogP) is -1.09. The summed E-state index contributed by atoms with van der Waals surface area (Å²) in [4.78, 5) is 0. The summed E-state index contributed by atoms with van der Waals surface area (Å²) in [6, 6.07) is 0. The topological polar surface area (TPSA) is 88.4 Å². The van der Waals surface area contributed by atoms with Gasteiger partial charge in [0.25, 0.3) is 0 Å². The van der Waals surface area contributed by atoms with E-state index in [-0.39, 0.29) is 13.2 Å². The molecule has 1 heterocycles. The maximum atomic E-state index is 9.83. The zero-order chi connectivity index (χ0) is 13.0. The van der Waals surface area contributed by atoms with Crippen LogP contribution in [0.25, 0.3) is 0 Å². The molecule has 1 fully saturated rings. The first kappa shape index (κ1) is 14.8. The molecule has 0 bridgehead atoms. The summed E-state index contributed by atoms with van der Waals surface area (Å²) in [6.45, 7) is 3.71. The summed E-state index contributed by atoms with van der Waals surface area (Å²) in [6.07, 6.45) is -4.07. The number of ether oxygens (including phenoxy) is 3. The molecule has 1 saturated heterocycles. The number of aliphatic hydroxyl groups excluding tert-OH is 3. The molecular formula is C11H22O6. The van der Waals surface area contributed by atoms with E-state index in [9.17, 15) is 10.2 Å². The number of hydrogen-bond acceptors (Lipinski definition) is 6. The molecule has 0 aromatic rings. The minimum atomic E-state index is -0.996. The van der Waals surface area contributed by atoms with Gasteiger partial charge in [-0.05, 0) is 13.8 Å². The number of aliphatic hydroxyl groups is 3. The number of methoxy groups -OCH3 is 1. The highest BCUT2D eigenvalue weighted by Gasteiger charge is 2.42. The summed E-state index contributed by atoms with van der Waals surface area (Å²) in [5.74, 6) is 0.